The van der Waals surface area contributed by atoms with Crippen LogP contribution in [0.15, 0.2) is 40.9 Å². The zero-order chi connectivity index (χ0) is 19.4. The maximum atomic E-state index is 13.8. The molecule has 1 atom stereocenters. The molecule has 138 valence electrons. The molecule has 0 radical (unpaired) electrons. The van der Waals surface area contributed by atoms with Gasteiger partial charge in [-0.1, -0.05) is 35.8 Å². The Labute approximate surface area is 159 Å². The largest absolute Gasteiger partial charge is 0.340 e. The predicted molar refractivity (Wildman–Crippen MR) is 100.0 cm³/mol. The van der Waals surface area contributed by atoms with Crippen LogP contribution in [0.4, 0.5) is 14.5 Å². The van der Waals surface area contributed by atoms with E-state index in [0.717, 1.165) is 22.2 Å². The second kappa shape index (κ2) is 8.40. The number of carbonyl (C=O) groups is 2. The normalized spacial score (nSPS) is 12.0. The molecule has 2 N–H and O–H groups in total. The molecule has 2 aromatic carbocycles. The second-order valence-corrected chi connectivity index (χ2v) is 7.10. The topological polar surface area (TPSA) is 58.2 Å². The van der Waals surface area contributed by atoms with Gasteiger partial charge in [0.2, 0.25) is 5.91 Å². The van der Waals surface area contributed by atoms with Crippen LogP contribution in [-0.4, -0.2) is 17.9 Å². The van der Waals surface area contributed by atoms with Gasteiger partial charge in [-0.05, 0) is 48.7 Å². The van der Waals surface area contributed by atoms with Gasteiger partial charge in [0.15, 0.2) is 0 Å². The molecule has 0 aliphatic carbocycles. The highest BCUT2D eigenvalue weighted by molar-refractivity contribution is 9.10. The Kier molecular flexibility index (Phi) is 6.47. The van der Waals surface area contributed by atoms with E-state index in [4.69, 9.17) is 0 Å². The second-order valence-electron chi connectivity index (χ2n) is 6.25. The monoisotopic (exact) mass is 424 g/mol. The summed E-state index contributed by atoms with van der Waals surface area (Å²) in [4.78, 5) is 24.8. The van der Waals surface area contributed by atoms with E-state index in [0.29, 0.717) is 5.69 Å². The smallest absolute Gasteiger partial charge is 0.257 e. The van der Waals surface area contributed by atoms with Crippen molar-refractivity contribution in [3.8, 4) is 0 Å². The summed E-state index contributed by atoms with van der Waals surface area (Å²) >= 11 is 3.38. The van der Waals surface area contributed by atoms with Gasteiger partial charge < -0.3 is 10.6 Å². The average Bonchev–Trinajstić information content (AvgIpc) is 2.55. The first kappa shape index (κ1) is 20.0. The third-order valence-electron chi connectivity index (χ3n) is 3.85. The van der Waals surface area contributed by atoms with Crippen molar-refractivity contribution >= 4 is 33.4 Å². The minimum Gasteiger partial charge on any atom is -0.340 e. The van der Waals surface area contributed by atoms with E-state index < -0.39 is 35.1 Å². The Morgan fingerprint density at radius 3 is 2.23 bits per heavy atom. The highest BCUT2D eigenvalue weighted by atomic mass is 79.9. The number of halogens is 3. The van der Waals surface area contributed by atoms with Crippen LogP contribution in [0, 0.1) is 24.5 Å². The van der Waals surface area contributed by atoms with Crippen molar-refractivity contribution in [3.63, 3.8) is 0 Å². The van der Waals surface area contributed by atoms with E-state index in [1.807, 2.05) is 6.92 Å². The quantitative estimate of drug-likeness (QED) is 0.745. The van der Waals surface area contributed by atoms with Crippen molar-refractivity contribution in [2.45, 2.75) is 26.8 Å². The molecule has 2 aromatic rings. The van der Waals surface area contributed by atoms with Crippen LogP contribution in [0.1, 0.15) is 29.8 Å². The van der Waals surface area contributed by atoms with Gasteiger partial charge >= 0.3 is 0 Å². The summed E-state index contributed by atoms with van der Waals surface area (Å²) in [7, 11) is 0. The summed E-state index contributed by atoms with van der Waals surface area (Å²) in [6.07, 6.45) is 0. The van der Waals surface area contributed by atoms with Crippen molar-refractivity contribution in [2.24, 2.45) is 5.92 Å². The summed E-state index contributed by atoms with van der Waals surface area (Å²) in [5, 5.41) is 5.14. The molecular formula is C19H19BrF2N2O2. The van der Waals surface area contributed by atoms with Gasteiger partial charge in [0.05, 0.1) is 0 Å². The van der Waals surface area contributed by atoms with Crippen LogP contribution in [0.5, 0.6) is 0 Å². The van der Waals surface area contributed by atoms with Crippen LogP contribution >= 0.6 is 15.9 Å². The van der Waals surface area contributed by atoms with Crippen molar-refractivity contribution in [1.82, 2.24) is 5.32 Å². The fraction of sp³-hybridized carbons (Fsp3) is 0.263. The first-order valence-electron chi connectivity index (χ1n) is 8.02. The summed E-state index contributed by atoms with van der Waals surface area (Å²) < 4.78 is 28.5. The van der Waals surface area contributed by atoms with Crippen LogP contribution in [-0.2, 0) is 4.79 Å². The summed E-state index contributed by atoms with van der Waals surface area (Å²) in [5.74, 6) is -3.68. The number of rotatable bonds is 5. The summed E-state index contributed by atoms with van der Waals surface area (Å²) in [6, 6.07) is 7.49. The lowest BCUT2D eigenvalue weighted by atomic mass is 10.0. The molecule has 7 heteroatoms. The molecule has 0 aromatic heterocycles. The Bertz CT molecular complexity index is 820. The van der Waals surface area contributed by atoms with Crippen molar-refractivity contribution in [2.75, 3.05) is 5.32 Å². The number of hydrogen-bond acceptors (Lipinski definition) is 2. The fourth-order valence-corrected chi connectivity index (χ4v) is 2.65. The number of benzene rings is 2. The van der Waals surface area contributed by atoms with Gasteiger partial charge in [-0.2, -0.15) is 0 Å². The van der Waals surface area contributed by atoms with E-state index in [9.17, 15) is 18.4 Å². The molecule has 0 saturated heterocycles. The van der Waals surface area contributed by atoms with E-state index in [1.54, 1.807) is 32.0 Å². The SMILES string of the molecule is Cc1cc(NC(=O)C(NC(=O)c2c(F)cccc2F)C(C)C)ccc1Br. The molecular weight excluding hydrogens is 406 g/mol. The Balaban J connectivity index is 2.18. The molecule has 4 nitrogen and oxygen atoms in total. The van der Waals surface area contributed by atoms with Crippen molar-refractivity contribution in [3.05, 3.63) is 63.6 Å². The number of anilines is 1. The predicted octanol–water partition coefficient (Wildman–Crippen LogP) is 4.43. The molecule has 0 aliphatic rings. The number of carbonyl (C=O) groups excluding carboxylic acids is 2. The standard InChI is InChI=1S/C19H19BrF2N2O2/c1-10(2)17(19(26)23-12-7-8-13(20)11(3)9-12)24-18(25)16-14(21)5-4-6-15(16)22/h4-10,17H,1-3H3,(H,23,26)(H,24,25). The molecule has 0 bridgehead atoms. The highest BCUT2D eigenvalue weighted by Gasteiger charge is 2.27. The van der Waals surface area contributed by atoms with E-state index >= 15 is 0 Å². The third kappa shape index (κ3) is 4.66. The summed E-state index contributed by atoms with van der Waals surface area (Å²) in [5.41, 5.74) is 0.791. The molecule has 2 amide bonds. The molecule has 0 fully saturated rings. The first-order chi connectivity index (χ1) is 12.2. The minimum absolute atomic E-state index is 0.287. The fourth-order valence-electron chi connectivity index (χ4n) is 2.41. The number of hydrogen-bond donors (Lipinski definition) is 2. The highest BCUT2D eigenvalue weighted by Crippen LogP contribution is 2.21. The molecule has 1 unspecified atom stereocenters. The Morgan fingerprint density at radius 1 is 1.08 bits per heavy atom. The van der Waals surface area contributed by atoms with Gasteiger partial charge in [-0.3, -0.25) is 9.59 Å². The van der Waals surface area contributed by atoms with Gasteiger partial charge in [-0.25, -0.2) is 8.78 Å². The molecule has 0 spiro atoms. The zero-order valence-electron chi connectivity index (χ0n) is 14.6. The van der Waals surface area contributed by atoms with Crippen LogP contribution in [0.25, 0.3) is 0 Å². The molecule has 0 heterocycles. The lowest BCUT2D eigenvalue weighted by Crippen LogP contribution is -2.47. The van der Waals surface area contributed by atoms with E-state index in [1.165, 1.54) is 6.07 Å². The average molecular weight is 425 g/mol. The van der Waals surface area contributed by atoms with Crippen molar-refractivity contribution in [1.29, 1.82) is 0 Å². The number of aryl methyl sites for hydroxylation is 1. The lowest BCUT2D eigenvalue weighted by molar-refractivity contribution is -0.118. The van der Waals surface area contributed by atoms with E-state index in [2.05, 4.69) is 26.6 Å². The van der Waals surface area contributed by atoms with Gasteiger partial charge in [0.1, 0.15) is 23.2 Å². The first-order valence-corrected chi connectivity index (χ1v) is 8.82. The minimum atomic E-state index is -0.978. The number of nitrogens with one attached hydrogen (secondary N) is 2. The molecule has 2 rings (SSSR count). The summed E-state index contributed by atoms with van der Waals surface area (Å²) in [6.45, 7) is 5.34. The van der Waals surface area contributed by atoms with Crippen LogP contribution in [0.3, 0.4) is 0 Å². The maximum Gasteiger partial charge on any atom is 0.257 e. The van der Waals surface area contributed by atoms with Crippen molar-refractivity contribution < 1.29 is 18.4 Å². The van der Waals surface area contributed by atoms with Crippen LogP contribution < -0.4 is 10.6 Å². The van der Waals surface area contributed by atoms with Gasteiger partial charge in [-0.15, -0.1) is 0 Å². The lowest BCUT2D eigenvalue weighted by Gasteiger charge is -2.22. The molecule has 26 heavy (non-hydrogen) atoms. The molecule has 0 aliphatic heterocycles. The maximum absolute atomic E-state index is 13.8. The van der Waals surface area contributed by atoms with Gasteiger partial charge in [0.25, 0.3) is 5.91 Å². The van der Waals surface area contributed by atoms with Crippen LogP contribution in [0.2, 0.25) is 0 Å². The number of amides is 2. The zero-order valence-corrected chi connectivity index (χ0v) is 16.2. The Morgan fingerprint density at radius 2 is 1.69 bits per heavy atom. The van der Waals surface area contributed by atoms with E-state index in [-0.39, 0.29) is 5.92 Å². The molecule has 0 saturated carbocycles. The van der Waals surface area contributed by atoms with Gasteiger partial charge in [0, 0.05) is 10.2 Å². The third-order valence-corrected chi connectivity index (χ3v) is 4.74. The Hall–Kier alpha value is -2.28.